The number of anilines is 1. The average molecular weight is 345 g/mol. The van der Waals surface area contributed by atoms with E-state index in [1.165, 1.54) is 0 Å². The lowest BCUT2D eigenvalue weighted by Gasteiger charge is -2.36. The van der Waals surface area contributed by atoms with Gasteiger partial charge in [0.1, 0.15) is 11.5 Å². The fourth-order valence-corrected chi connectivity index (χ4v) is 3.82. The molecule has 2 saturated carbocycles. The van der Waals surface area contributed by atoms with Crippen LogP contribution in [0.15, 0.2) is 24.3 Å². The predicted molar refractivity (Wildman–Crippen MR) is 91.1 cm³/mol. The van der Waals surface area contributed by atoms with E-state index in [4.69, 9.17) is 9.47 Å². The highest BCUT2D eigenvalue weighted by Gasteiger charge is 2.41. The van der Waals surface area contributed by atoms with Crippen LogP contribution < -0.4 is 10.1 Å². The second-order valence-electron chi connectivity index (χ2n) is 6.78. The molecule has 134 valence electrons. The van der Waals surface area contributed by atoms with E-state index in [0.29, 0.717) is 30.1 Å². The highest BCUT2D eigenvalue weighted by molar-refractivity contribution is 5.93. The number of rotatable bonds is 5. The maximum absolute atomic E-state index is 12.3. The number of fused-ring (bicyclic) bond motifs is 2. The molecule has 0 heterocycles. The fourth-order valence-electron chi connectivity index (χ4n) is 3.82. The van der Waals surface area contributed by atoms with Crippen molar-refractivity contribution in [2.24, 2.45) is 17.8 Å². The van der Waals surface area contributed by atoms with Gasteiger partial charge >= 0.3 is 5.97 Å². The van der Waals surface area contributed by atoms with E-state index in [1.807, 2.05) is 0 Å². The van der Waals surface area contributed by atoms with Gasteiger partial charge in [-0.15, -0.1) is 0 Å². The molecule has 1 aromatic rings. The fraction of sp³-hybridized carbons (Fsp3) is 0.526. The normalized spacial score (nSPS) is 25.2. The van der Waals surface area contributed by atoms with Crippen LogP contribution in [0.1, 0.15) is 32.1 Å². The van der Waals surface area contributed by atoms with Crippen molar-refractivity contribution in [2.75, 3.05) is 19.0 Å². The van der Waals surface area contributed by atoms with E-state index < -0.39 is 5.91 Å². The summed E-state index contributed by atoms with van der Waals surface area (Å²) in [6.07, 6.45) is 3.92. The van der Waals surface area contributed by atoms with Gasteiger partial charge in [0.25, 0.3) is 5.91 Å². The Balaban J connectivity index is 1.48. The zero-order valence-electron chi connectivity index (χ0n) is 14.3. The van der Waals surface area contributed by atoms with Gasteiger partial charge in [-0.25, -0.2) is 0 Å². The largest absolute Gasteiger partial charge is 0.497 e. The third kappa shape index (κ3) is 4.18. The highest BCUT2D eigenvalue weighted by Crippen LogP contribution is 2.40. The topological polar surface area (TPSA) is 81.7 Å². The summed E-state index contributed by atoms with van der Waals surface area (Å²) in [5.41, 5.74) is 0.582. The number of hydrogen-bond donors (Lipinski definition) is 1. The molecule has 2 aliphatic carbocycles. The SMILES string of the molecule is COc1cccc(NC(=O)COC(=O)C2C[C@H]3CCC[C@@H](C2)C3=O)c1. The molecule has 0 aromatic heterocycles. The Morgan fingerprint density at radius 1 is 1.20 bits per heavy atom. The van der Waals surface area contributed by atoms with Gasteiger partial charge in [-0.3, -0.25) is 14.4 Å². The first-order valence-corrected chi connectivity index (χ1v) is 8.71. The number of hydrogen-bond acceptors (Lipinski definition) is 5. The number of carbonyl (C=O) groups is 3. The lowest BCUT2D eigenvalue weighted by molar-refractivity contribution is -0.155. The molecular formula is C19H23NO5. The molecule has 0 spiro atoms. The summed E-state index contributed by atoms with van der Waals surface area (Å²) in [6, 6.07) is 6.96. The molecule has 3 rings (SSSR count). The number of benzene rings is 1. The second kappa shape index (κ2) is 7.68. The molecule has 25 heavy (non-hydrogen) atoms. The number of nitrogens with one attached hydrogen (secondary N) is 1. The van der Waals surface area contributed by atoms with Crippen LogP contribution in [0.5, 0.6) is 5.75 Å². The lowest BCUT2D eigenvalue weighted by atomic mass is 9.67. The Labute approximate surface area is 146 Å². The van der Waals surface area contributed by atoms with Crippen molar-refractivity contribution in [2.45, 2.75) is 32.1 Å². The van der Waals surface area contributed by atoms with E-state index in [1.54, 1.807) is 31.4 Å². The molecule has 0 radical (unpaired) electrons. The number of carbonyl (C=O) groups excluding carboxylic acids is 3. The maximum atomic E-state index is 12.3. The van der Waals surface area contributed by atoms with Crippen molar-refractivity contribution in [1.29, 1.82) is 0 Å². The van der Waals surface area contributed by atoms with E-state index in [2.05, 4.69) is 5.32 Å². The molecule has 0 aliphatic heterocycles. The minimum absolute atomic E-state index is 0.00402. The van der Waals surface area contributed by atoms with Crippen LogP contribution in [0.25, 0.3) is 0 Å². The van der Waals surface area contributed by atoms with E-state index in [9.17, 15) is 14.4 Å². The Hall–Kier alpha value is -2.37. The third-order valence-electron chi connectivity index (χ3n) is 5.08. The van der Waals surface area contributed by atoms with Crippen molar-refractivity contribution in [3.05, 3.63) is 24.3 Å². The Morgan fingerprint density at radius 3 is 2.60 bits per heavy atom. The summed E-state index contributed by atoms with van der Waals surface area (Å²) in [7, 11) is 1.55. The summed E-state index contributed by atoms with van der Waals surface area (Å²) in [6.45, 7) is -0.324. The molecule has 1 amide bonds. The molecule has 6 nitrogen and oxygen atoms in total. The van der Waals surface area contributed by atoms with Crippen LogP contribution >= 0.6 is 0 Å². The van der Waals surface area contributed by atoms with Crippen molar-refractivity contribution in [3.63, 3.8) is 0 Å². The highest BCUT2D eigenvalue weighted by atomic mass is 16.5. The molecule has 2 bridgehead atoms. The molecule has 1 aromatic carbocycles. The molecule has 3 atom stereocenters. The third-order valence-corrected chi connectivity index (χ3v) is 5.08. The first-order valence-electron chi connectivity index (χ1n) is 8.71. The number of methoxy groups -OCH3 is 1. The van der Waals surface area contributed by atoms with Crippen molar-refractivity contribution in [1.82, 2.24) is 0 Å². The summed E-state index contributed by atoms with van der Waals surface area (Å²) in [5, 5.41) is 2.67. The van der Waals surface area contributed by atoms with Crippen LogP contribution in [0, 0.1) is 17.8 Å². The van der Waals surface area contributed by atoms with Gasteiger partial charge in [0.2, 0.25) is 0 Å². The Bertz CT molecular complexity index is 656. The molecular weight excluding hydrogens is 322 g/mol. The summed E-state index contributed by atoms with van der Waals surface area (Å²) >= 11 is 0. The molecule has 6 heteroatoms. The maximum Gasteiger partial charge on any atom is 0.309 e. The molecule has 1 unspecified atom stereocenters. The standard InChI is InChI=1S/C19H23NO5/c1-24-16-7-3-6-15(10-16)20-17(21)11-25-19(23)14-8-12-4-2-5-13(9-14)18(12)22/h3,6-7,10,12-14H,2,4-5,8-9,11H2,1H3,(H,20,21)/t12-,13+,14?. The van der Waals surface area contributed by atoms with E-state index in [-0.39, 0.29) is 30.3 Å². The first kappa shape index (κ1) is 17.5. The second-order valence-corrected chi connectivity index (χ2v) is 6.78. The van der Waals surface area contributed by atoms with Crippen LogP contribution in [0.2, 0.25) is 0 Å². The van der Waals surface area contributed by atoms with E-state index in [0.717, 1.165) is 19.3 Å². The number of ether oxygens (including phenoxy) is 2. The van der Waals surface area contributed by atoms with Crippen molar-refractivity contribution < 1.29 is 23.9 Å². The predicted octanol–water partition coefficient (Wildman–Crippen LogP) is 2.57. The van der Waals surface area contributed by atoms with Gasteiger partial charge in [0.05, 0.1) is 13.0 Å². The number of Topliss-reactive ketones (excluding diaryl/α,β-unsaturated/α-hetero) is 1. The molecule has 2 aliphatic rings. The van der Waals surface area contributed by atoms with Gasteiger partial charge in [-0.05, 0) is 37.8 Å². The monoisotopic (exact) mass is 345 g/mol. The van der Waals surface area contributed by atoms with Crippen LogP contribution in [0.3, 0.4) is 0 Å². The smallest absolute Gasteiger partial charge is 0.309 e. The first-order chi connectivity index (χ1) is 12.1. The zero-order chi connectivity index (χ0) is 17.8. The minimum atomic E-state index is -0.395. The van der Waals surface area contributed by atoms with Crippen molar-refractivity contribution >= 4 is 23.3 Å². The average Bonchev–Trinajstić information content (AvgIpc) is 2.59. The lowest BCUT2D eigenvalue weighted by Crippen LogP contribution is -2.40. The van der Waals surface area contributed by atoms with Gasteiger partial charge in [0, 0.05) is 23.6 Å². The molecule has 1 N–H and O–H groups in total. The van der Waals surface area contributed by atoms with Crippen LogP contribution in [-0.4, -0.2) is 31.4 Å². The van der Waals surface area contributed by atoms with Gasteiger partial charge < -0.3 is 14.8 Å². The quantitative estimate of drug-likeness (QED) is 0.830. The summed E-state index contributed by atoms with van der Waals surface area (Å²) in [4.78, 5) is 36.3. The van der Waals surface area contributed by atoms with Crippen LogP contribution in [0.4, 0.5) is 5.69 Å². The molecule has 2 fully saturated rings. The summed E-state index contributed by atoms with van der Waals surface area (Å²) < 4.78 is 10.3. The van der Waals surface area contributed by atoms with E-state index >= 15 is 0 Å². The molecule has 0 saturated heterocycles. The van der Waals surface area contributed by atoms with Gasteiger partial charge in [0.15, 0.2) is 6.61 Å². The van der Waals surface area contributed by atoms with Crippen molar-refractivity contribution in [3.8, 4) is 5.75 Å². The number of esters is 1. The Kier molecular flexibility index (Phi) is 5.36. The number of amides is 1. The van der Waals surface area contributed by atoms with Crippen LogP contribution in [-0.2, 0) is 19.1 Å². The minimum Gasteiger partial charge on any atom is -0.497 e. The Morgan fingerprint density at radius 2 is 1.92 bits per heavy atom. The zero-order valence-corrected chi connectivity index (χ0v) is 14.3. The van der Waals surface area contributed by atoms with Gasteiger partial charge in [-0.2, -0.15) is 0 Å². The summed E-state index contributed by atoms with van der Waals surface area (Å²) in [5.74, 6) is -0.0953. The van der Waals surface area contributed by atoms with Gasteiger partial charge in [-0.1, -0.05) is 12.5 Å². The number of ketones is 1.